The lowest BCUT2D eigenvalue weighted by atomic mass is 10.1. The van der Waals surface area contributed by atoms with Crippen molar-refractivity contribution in [1.82, 2.24) is 20.0 Å². The van der Waals surface area contributed by atoms with Crippen LogP contribution in [0.2, 0.25) is 0 Å². The minimum Gasteiger partial charge on any atom is -0.416 e. The maximum absolute atomic E-state index is 12.5. The Kier molecular flexibility index (Phi) is 4.65. The Morgan fingerprint density at radius 2 is 2.04 bits per heavy atom. The Labute approximate surface area is 139 Å². The van der Waals surface area contributed by atoms with Crippen molar-refractivity contribution in [1.29, 1.82) is 0 Å². The molecule has 10 heteroatoms. The number of hydrogen-bond donors (Lipinski definition) is 0. The smallest absolute Gasteiger partial charge is 0.277 e. The molecule has 2 saturated heterocycles. The number of rotatable bonds is 4. The standard InChI is InChI=1S/C13H20N4O4S2/c1-3-11-14-15-13(21-11)22-6-12(18)17-5-4-16(2)9-7-23(19,20)8-10(9)17/h9-10H,3-8H2,1-2H3/t9-,10+/m1/s1. The van der Waals surface area contributed by atoms with E-state index in [9.17, 15) is 13.2 Å². The van der Waals surface area contributed by atoms with Gasteiger partial charge in [0, 0.05) is 25.6 Å². The van der Waals surface area contributed by atoms with Crippen LogP contribution in [0.15, 0.2) is 9.64 Å². The third kappa shape index (κ3) is 3.53. The second-order valence-electron chi connectivity index (χ2n) is 5.88. The number of aryl methyl sites for hydroxylation is 1. The van der Waals surface area contributed by atoms with Gasteiger partial charge in [-0.15, -0.1) is 10.2 Å². The van der Waals surface area contributed by atoms with E-state index in [1.807, 2.05) is 18.9 Å². The van der Waals surface area contributed by atoms with Crippen molar-refractivity contribution in [2.75, 3.05) is 37.4 Å². The van der Waals surface area contributed by atoms with E-state index in [1.165, 1.54) is 11.8 Å². The topological polar surface area (TPSA) is 96.6 Å². The third-order valence-corrected chi connectivity index (χ3v) is 6.85. The highest BCUT2D eigenvalue weighted by Crippen LogP contribution is 2.27. The van der Waals surface area contributed by atoms with Crippen LogP contribution in [0.5, 0.6) is 0 Å². The molecule has 0 radical (unpaired) electrons. The zero-order valence-corrected chi connectivity index (χ0v) is 14.8. The summed E-state index contributed by atoms with van der Waals surface area (Å²) in [4.78, 5) is 16.3. The van der Waals surface area contributed by atoms with Gasteiger partial charge in [0.1, 0.15) is 0 Å². The normalized spacial score (nSPS) is 27.1. The van der Waals surface area contributed by atoms with Gasteiger partial charge in [-0.25, -0.2) is 8.42 Å². The summed E-state index contributed by atoms with van der Waals surface area (Å²) in [5, 5.41) is 8.11. The average molecular weight is 360 g/mol. The Bertz CT molecular complexity index is 690. The predicted molar refractivity (Wildman–Crippen MR) is 85.0 cm³/mol. The maximum atomic E-state index is 12.5. The molecule has 0 aromatic carbocycles. The Morgan fingerprint density at radius 3 is 2.74 bits per heavy atom. The molecule has 3 rings (SSSR count). The number of likely N-dealkylation sites (N-methyl/N-ethyl adjacent to an activating group) is 1. The van der Waals surface area contributed by atoms with E-state index in [0.717, 1.165) is 0 Å². The van der Waals surface area contributed by atoms with E-state index in [0.29, 0.717) is 30.6 Å². The molecule has 3 heterocycles. The van der Waals surface area contributed by atoms with Gasteiger partial charge >= 0.3 is 0 Å². The molecule has 0 unspecified atom stereocenters. The summed E-state index contributed by atoms with van der Waals surface area (Å²) in [5.74, 6) is 0.833. The molecule has 2 fully saturated rings. The fraction of sp³-hybridized carbons (Fsp3) is 0.769. The molecule has 1 amide bonds. The van der Waals surface area contributed by atoms with E-state index < -0.39 is 9.84 Å². The Morgan fingerprint density at radius 1 is 1.30 bits per heavy atom. The number of sulfone groups is 1. The van der Waals surface area contributed by atoms with Crippen molar-refractivity contribution in [2.45, 2.75) is 30.7 Å². The fourth-order valence-electron chi connectivity index (χ4n) is 3.08. The molecule has 0 spiro atoms. The number of carbonyl (C=O) groups is 1. The molecule has 128 valence electrons. The van der Waals surface area contributed by atoms with Crippen LogP contribution >= 0.6 is 11.8 Å². The van der Waals surface area contributed by atoms with Crippen LogP contribution < -0.4 is 0 Å². The molecule has 2 aliphatic heterocycles. The molecule has 0 bridgehead atoms. The number of thioether (sulfide) groups is 1. The highest BCUT2D eigenvalue weighted by Gasteiger charge is 2.46. The number of fused-ring (bicyclic) bond motifs is 1. The monoisotopic (exact) mass is 360 g/mol. The van der Waals surface area contributed by atoms with Gasteiger partial charge in [0.15, 0.2) is 9.84 Å². The molecule has 1 aromatic heterocycles. The zero-order chi connectivity index (χ0) is 16.6. The second kappa shape index (κ2) is 6.40. The summed E-state index contributed by atoms with van der Waals surface area (Å²) >= 11 is 1.20. The maximum Gasteiger partial charge on any atom is 0.277 e. The van der Waals surface area contributed by atoms with Crippen LogP contribution in [-0.4, -0.2) is 83.8 Å². The van der Waals surface area contributed by atoms with Gasteiger partial charge in [0.2, 0.25) is 11.8 Å². The lowest BCUT2D eigenvalue weighted by molar-refractivity contribution is -0.133. The molecular formula is C13H20N4O4S2. The predicted octanol–water partition coefficient (Wildman–Crippen LogP) is -0.336. The largest absolute Gasteiger partial charge is 0.416 e. The molecule has 8 nitrogen and oxygen atoms in total. The number of piperazine rings is 1. The van der Waals surface area contributed by atoms with E-state index in [4.69, 9.17) is 4.42 Å². The first kappa shape index (κ1) is 16.7. The number of hydrogen-bond acceptors (Lipinski definition) is 8. The van der Waals surface area contributed by atoms with Crippen LogP contribution in [0.1, 0.15) is 12.8 Å². The molecule has 2 atom stereocenters. The molecule has 2 aliphatic rings. The Balaban J connectivity index is 1.64. The minimum atomic E-state index is -3.08. The number of carbonyl (C=O) groups excluding carboxylic acids is 1. The van der Waals surface area contributed by atoms with Crippen LogP contribution in [0.4, 0.5) is 0 Å². The van der Waals surface area contributed by atoms with Crippen LogP contribution in [0.3, 0.4) is 0 Å². The van der Waals surface area contributed by atoms with Gasteiger partial charge in [-0.1, -0.05) is 18.7 Å². The van der Waals surface area contributed by atoms with Gasteiger partial charge in [0.05, 0.1) is 23.3 Å². The fourth-order valence-corrected chi connectivity index (χ4v) is 5.80. The van der Waals surface area contributed by atoms with Crippen LogP contribution in [0, 0.1) is 0 Å². The van der Waals surface area contributed by atoms with Crippen molar-refractivity contribution in [3.63, 3.8) is 0 Å². The molecule has 1 aromatic rings. The summed E-state index contributed by atoms with van der Waals surface area (Å²) in [7, 11) is -1.16. The van der Waals surface area contributed by atoms with Crippen molar-refractivity contribution >= 4 is 27.5 Å². The highest BCUT2D eigenvalue weighted by atomic mass is 32.2. The van der Waals surface area contributed by atoms with Gasteiger partial charge in [-0.2, -0.15) is 0 Å². The van der Waals surface area contributed by atoms with E-state index in [1.54, 1.807) is 4.90 Å². The minimum absolute atomic E-state index is 0.0545. The molecule has 23 heavy (non-hydrogen) atoms. The lowest BCUT2D eigenvalue weighted by Gasteiger charge is -2.42. The number of amides is 1. The van der Waals surface area contributed by atoms with Gasteiger partial charge in [-0.05, 0) is 7.05 Å². The molecule has 0 saturated carbocycles. The second-order valence-corrected chi connectivity index (χ2v) is 8.96. The lowest BCUT2D eigenvalue weighted by Crippen LogP contribution is -2.59. The quantitative estimate of drug-likeness (QED) is 0.673. The third-order valence-electron chi connectivity index (χ3n) is 4.34. The first-order valence-electron chi connectivity index (χ1n) is 7.55. The first-order valence-corrected chi connectivity index (χ1v) is 10.4. The number of aromatic nitrogens is 2. The van der Waals surface area contributed by atoms with Crippen molar-refractivity contribution in [3.8, 4) is 0 Å². The van der Waals surface area contributed by atoms with Crippen LogP contribution in [-0.2, 0) is 21.1 Å². The summed E-state index contributed by atoms with van der Waals surface area (Å²) in [6, 6.07) is -0.349. The van der Waals surface area contributed by atoms with Crippen molar-refractivity contribution < 1.29 is 17.6 Å². The average Bonchev–Trinajstić information content (AvgIpc) is 3.08. The van der Waals surface area contributed by atoms with Gasteiger partial charge in [-0.3, -0.25) is 9.69 Å². The first-order chi connectivity index (χ1) is 10.9. The van der Waals surface area contributed by atoms with E-state index in [-0.39, 0.29) is 35.2 Å². The molecule has 0 N–H and O–H groups in total. The van der Waals surface area contributed by atoms with Gasteiger partial charge in [0.25, 0.3) is 5.22 Å². The summed E-state index contributed by atoms with van der Waals surface area (Å²) in [5.41, 5.74) is 0. The Hall–Kier alpha value is -1.13. The van der Waals surface area contributed by atoms with Crippen molar-refractivity contribution in [3.05, 3.63) is 5.89 Å². The van der Waals surface area contributed by atoms with Gasteiger partial charge < -0.3 is 9.32 Å². The summed E-state index contributed by atoms with van der Waals surface area (Å²) < 4.78 is 29.2. The SMILES string of the molecule is CCc1nnc(SCC(=O)N2CCN(C)[C@@H]3CS(=O)(=O)C[C@@H]32)o1. The van der Waals surface area contributed by atoms with Crippen LogP contribution in [0.25, 0.3) is 0 Å². The zero-order valence-electron chi connectivity index (χ0n) is 13.1. The van der Waals surface area contributed by atoms with Crippen molar-refractivity contribution in [2.24, 2.45) is 0 Å². The molecule has 0 aliphatic carbocycles. The highest BCUT2D eigenvalue weighted by molar-refractivity contribution is 7.99. The number of nitrogens with zero attached hydrogens (tertiary/aromatic N) is 4. The summed E-state index contributed by atoms with van der Waals surface area (Å²) in [6.07, 6.45) is 0.654. The molecular weight excluding hydrogens is 340 g/mol. The van der Waals surface area contributed by atoms with E-state index >= 15 is 0 Å². The summed E-state index contributed by atoms with van der Waals surface area (Å²) in [6.45, 7) is 3.16. The van der Waals surface area contributed by atoms with E-state index in [2.05, 4.69) is 10.2 Å².